The van der Waals surface area contributed by atoms with Gasteiger partial charge in [0.2, 0.25) is 0 Å². The molecule has 1 atom stereocenters. The molecule has 0 aliphatic carbocycles. The van der Waals surface area contributed by atoms with Crippen LogP contribution in [0.4, 0.5) is 13.6 Å². The van der Waals surface area contributed by atoms with Gasteiger partial charge in [0.1, 0.15) is 11.6 Å². The van der Waals surface area contributed by atoms with Crippen LogP contribution in [0.3, 0.4) is 0 Å². The minimum Gasteiger partial charge on any atom is -0.334 e. The number of nitrogens with one attached hydrogen (secondary N) is 1. The lowest BCUT2D eigenvalue weighted by Crippen LogP contribution is -2.38. The van der Waals surface area contributed by atoms with Gasteiger partial charge in [-0.25, -0.2) is 13.6 Å². The maximum Gasteiger partial charge on any atom is 0.317 e. The molecular formula is C13H17F2N3O. The van der Waals surface area contributed by atoms with Crippen LogP contribution in [0.15, 0.2) is 18.2 Å². The Kier molecular flexibility index (Phi) is 4.31. The largest absolute Gasteiger partial charge is 0.334 e. The molecule has 1 aromatic carbocycles. The average Bonchev–Trinajstić information content (AvgIpc) is 2.86. The Balaban J connectivity index is 1.90. The van der Waals surface area contributed by atoms with Crippen LogP contribution in [0.5, 0.6) is 0 Å². The van der Waals surface area contributed by atoms with Crippen molar-refractivity contribution in [2.24, 2.45) is 11.7 Å². The standard InChI is InChI=1S/C13H17F2N3O/c14-11-2-1-3-12(15)10(11)7-17-13(19)18-5-4-9(6-16)8-18/h1-3,9H,4-8,16H2,(H,17,19)/t9-/m0/s1. The third-order valence-corrected chi connectivity index (χ3v) is 3.38. The SMILES string of the molecule is NC[C@@H]1CCN(C(=O)NCc2c(F)cccc2F)C1. The highest BCUT2D eigenvalue weighted by atomic mass is 19.1. The molecule has 104 valence electrons. The summed E-state index contributed by atoms with van der Waals surface area (Å²) in [7, 11) is 0. The van der Waals surface area contributed by atoms with E-state index in [0.29, 0.717) is 25.6 Å². The zero-order chi connectivity index (χ0) is 13.8. The molecule has 6 heteroatoms. The fourth-order valence-electron chi connectivity index (χ4n) is 2.19. The predicted octanol–water partition coefficient (Wildman–Crippen LogP) is 1.45. The Labute approximate surface area is 110 Å². The summed E-state index contributed by atoms with van der Waals surface area (Å²) < 4.78 is 26.7. The smallest absolute Gasteiger partial charge is 0.317 e. The van der Waals surface area contributed by atoms with E-state index in [4.69, 9.17) is 5.73 Å². The first-order valence-electron chi connectivity index (χ1n) is 6.27. The molecule has 0 unspecified atom stereocenters. The molecule has 1 saturated heterocycles. The molecule has 19 heavy (non-hydrogen) atoms. The zero-order valence-electron chi connectivity index (χ0n) is 10.5. The monoisotopic (exact) mass is 269 g/mol. The van der Waals surface area contributed by atoms with Gasteiger partial charge in [0.25, 0.3) is 0 Å². The summed E-state index contributed by atoms with van der Waals surface area (Å²) in [6.07, 6.45) is 0.873. The Morgan fingerprint density at radius 3 is 2.68 bits per heavy atom. The molecule has 1 aromatic rings. The second kappa shape index (κ2) is 5.97. The molecule has 1 aliphatic rings. The molecule has 0 aromatic heterocycles. The summed E-state index contributed by atoms with van der Waals surface area (Å²) in [5.41, 5.74) is 5.42. The van der Waals surface area contributed by atoms with Gasteiger partial charge in [-0.2, -0.15) is 0 Å². The second-order valence-electron chi connectivity index (χ2n) is 4.70. The van der Waals surface area contributed by atoms with Crippen LogP contribution >= 0.6 is 0 Å². The summed E-state index contributed by atoms with van der Waals surface area (Å²) in [6.45, 7) is 1.63. The highest BCUT2D eigenvalue weighted by molar-refractivity contribution is 5.74. The molecule has 2 rings (SSSR count). The first-order chi connectivity index (χ1) is 9.11. The first-order valence-corrected chi connectivity index (χ1v) is 6.27. The van der Waals surface area contributed by atoms with E-state index in [9.17, 15) is 13.6 Å². The van der Waals surface area contributed by atoms with Gasteiger partial charge in [0.05, 0.1) is 6.54 Å². The number of hydrogen-bond acceptors (Lipinski definition) is 2. The highest BCUT2D eigenvalue weighted by Gasteiger charge is 2.25. The zero-order valence-corrected chi connectivity index (χ0v) is 10.5. The van der Waals surface area contributed by atoms with Crippen LogP contribution in [0.25, 0.3) is 0 Å². The van der Waals surface area contributed by atoms with Gasteiger partial charge in [0, 0.05) is 18.7 Å². The van der Waals surface area contributed by atoms with Crippen molar-refractivity contribution in [1.29, 1.82) is 0 Å². The number of halogens is 2. The van der Waals surface area contributed by atoms with Gasteiger partial charge in [0.15, 0.2) is 0 Å². The Morgan fingerprint density at radius 1 is 1.42 bits per heavy atom. The minimum atomic E-state index is -0.651. The summed E-state index contributed by atoms with van der Waals surface area (Å²) in [4.78, 5) is 13.5. The Morgan fingerprint density at radius 2 is 2.11 bits per heavy atom. The summed E-state index contributed by atoms with van der Waals surface area (Å²) in [5.74, 6) is -0.987. The summed E-state index contributed by atoms with van der Waals surface area (Å²) in [6, 6.07) is 3.33. The number of nitrogens with two attached hydrogens (primary N) is 1. The number of carbonyl (C=O) groups excluding carboxylic acids is 1. The molecule has 0 saturated carbocycles. The van der Waals surface area contributed by atoms with Crippen LogP contribution in [-0.2, 0) is 6.54 Å². The highest BCUT2D eigenvalue weighted by Crippen LogP contribution is 2.15. The third-order valence-electron chi connectivity index (χ3n) is 3.38. The van der Waals surface area contributed by atoms with Crippen molar-refractivity contribution in [3.8, 4) is 0 Å². The van der Waals surface area contributed by atoms with Crippen LogP contribution in [-0.4, -0.2) is 30.6 Å². The Bertz CT molecular complexity index is 447. The quantitative estimate of drug-likeness (QED) is 0.872. The lowest BCUT2D eigenvalue weighted by atomic mass is 10.1. The van der Waals surface area contributed by atoms with Crippen LogP contribution in [0, 0.1) is 17.6 Å². The number of likely N-dealkylation sites (tertiary alicyclic amines) is 1. The van der Waals surface area contributed by atoms with Crippen molar-refractivity contribution < 1.29 is 13.6 Å². The van der Waals surface area contributed by atoms with Crippen LogP contribution < -0.4 is 11.1 Å². The normalized spacial score (nSPS) is 18.7. The number of hydrogen-bond donors (Lipinski definition) is 2. The van der Waals surface area contributed by atoms with E-state index in [1.165, 1.54) is 18.2 Å². The average molecular weight is 269 g/mol. The molecule has 0 spiro atoms. The molecule has 2 amide bonds. The predicted molar refractivity (Wildman–Crippen MR) is 67.3 cm³/mol. The van der Waals surface area contributed by atoms with Gasteiger partial charge in [-0.05, 0) is 31.0 Å². The van der Waals surface area contributed by atoms with E-state index < -0.39 is 11.6 Å². The van der Waals surface area contributed by atoms with E-state index >= 15 is 0 Å². The lowest BCUT2D eigenvalue weighted by molar-refractivity contribution is 0.206. The summed E-state index contributed by atoms with van der Waals surface area (Å²) >= 11 is 0. The number of benzene rings is 1. The molecule has 4 nitrogen and oxygen atoms in total. The minimum absolute atomic E-state index is 0.120. The van der Waals surface area contributed by atoms with Gasteiger partial charge < -0.3 is 16.0 Å². The lowest BCUT2D eigenvalue weighted by Gasteiger charge is -2.17. The van der Waals surface area contributed by atoms with E-state index in [2.05, 4.69) is 5.32 Å². The van der Waals surface area contributed by atoms with E-state index in [0.717, 1.165) is 6.42 Å². The van der Waals surface area contributed by atoms with Crippen LogP contribution in [0.1, 0.15) is 12.0 Å². The van der Waals surface area contributed by atoms with Crippen molar-refractivity contribution in [2.75, 3.05) is 19.6 Å². The van der Waals surface area contributed by atoms with Gasteiger partial charge in [-0.3, -0.25) is 0 Å². The van der Waals surface area contributed by atoms with Crippen molar-refractivity contribution in [2.45, 2.75) is 13.0 Å². The topological polar surface area (TPSA) is 58.4 Å². The summed E-state index contributed by atoms with van der Waals surface area (Å²) in [5, 5.41) is 2.53. The number of urea groups is 1. The molecule has 1 fully saturated rings. The van der Waals surface area contributed by atoms with Gasteiger partial charge >= 0.3 is 6.03 Å². The van der Waals surface area contributed by atoms with E-state index in [-0.39, 0.29) is 18.1 Å². The van der Waals surface area contributed by atoms with Crippen LogP contribution in [0.2, 0.25) is 0 Å². The fourth-order valence-corrected chi connectivity index (χ4v) is 2.19. The maximum atomic E-state index is 13.4. The number of amides is 2. The van der Waals surface area contributed by atoms with E-state index in [1.807, 2.05) is 0 Å². The van der Waals surface area contributed by atoms with Gasteiger partial charge in [-0.15, -0.1) is 0 Å². The second-order valence-corrected chi connectivity index (χ2v) is 4.70. The number of carbonyl (C=O) groups is 1. The molecule has 0 bridgehead atoms. The molecular weight excluding hydrogens is 252 g/mol. The van der Waals surface area contributed by atoms with E-state index in [1.54, 1.807) is 4.90 Å². The molecule has 0 radical (unpaired) electrons. The molecule has 1 aliphatic heterocycles. The van der Waals surface area contributed by atoms with Gasteiger partial charge in [-0.1, -0.05) is 6.07 Å². The number of rotatable bonds is 3. The first kappa shape index (κ1) is 13.7. The Hall–Kier alpha value is -1.69. The molecule has 3 N–H and O–H groups in total. The van der Waals surface area contributed by atoms with Crippen molar-refractivity contribution >= 4 is 6.03 Å². The maximum absolute atomic E-state index is 13.4. The third kappa shape index (κ3) is 3.20. The van der Waals surface area contributed by atoms with Crippen molar-refractivity contribution in [3.63, 3.8) is 0 Å². The van der Waals surface area contributed by atoms with Crippen molar-refractivity contribution in [3.05, 3.63) is 35.4 Å². The number of nitrogens with zero attached hydrogens (tertiary/aromatic N) is 1. The van der Waals surface area contributed by atoms with Crippen molar-refractivity contribution in [1.82, 2.24) is 10.2 Å². The fraction of sp³-hybridized carbons (Fsp3) is 0.462. The molecule has 1 heterocycles.